The number of hydrogen-bond acceptors (Lipinski definition) is 4. The number of guanidine groups is 1. The molecular weight excluding hydrogens is 391 g/mol. The van der Waals surface area contributed by atoms with Crippen LogP contribution in [0.2, 0.25) is 0 Å². The first-order valence-electron chi connectivity index (χ1n) is 5.81. The minimum atomic E-state index is -3.31. The summed E-state index contributed by atoms with van der Waals surface area (Å²) in [6.45, 7) is 5.99. The van der Waals surface area contributed by atoms with Crippen molar-refractivity contribution in [3.8, 4) is 0 Å². The Morgan fingerprint density at radius 3 is 2.55 bits per heavy atom. The zero-order valence-electron chi connectivity index (χ0n) is 12.0. The van der Waals surface area contributed by atoms with Crippen LogP contribution in [0, 0.1) is 0 Å². The average molecular weight is 412 g/mol. The van der Waals surface area contributed by atoms with Crippen LogP contribution in [0.15, 0.2) is 28.2 Å². The number of halogens is 1. The van der Waals surface area contributed by atoms with Gasteiger partial charge in [-0.05, 0) is 32.9 Å². The Morgan fingerprint density at radius 2 is 2.05 bits per heavy atom. The third-order valence-corrected chi connectivity index (χ3v) is 3.32. The van der Waals surface area contributed by atoms with E-state index < -0.39 is 9.84 Å². The molecule has 1 aromatic rings. The highest BCUT2D eigenvalue weighted by atomic mass is 127. The van der Waals surface area contributed by atoms with E-state index in [1.807, 2.05) is 20.8 Å². The number of nitrogens with two attached hydrogens (primary N) is 1. The summed E-state index contributed by atoms with van der Waals surface area (Å²) in [7, 11) is -3.31. The molecule has 114 valence electrons. The zero-order chi connectivity index (χ0) is 14.7. The lowest BCUT2D eigenvalue weighted by molar-refractivity contribution is 0.508. The van der Waals surface area contributed by atoms with Gasteiger partial charge in [-0.1, -0.05) is 0 Å². The second kappa shape index (κ2) is 7.21. The van der Waals surface area contributed by atoms with Crippen LogP contribution >= 0.6 is 24.0 Å². The molecule has 0 atom stereocenters. The molecule has 0 bridgehead atoms. The third-order valence-electron chi connectivity index (χ3n) is 2.15. The number of hydrogen-bond donors (Lipinski definition) is 2. The van der Waals surface area contributed by atoms with E-state index in [2.05, 4.69) is 15.3 Å². The first kappa shape index (κ1) is 19.1. The SMILES string of the molecule is CC(C)(C)NC(N)=NCc1ncccc1S(C)(=O)=O.I. The molecule has 0 radical (unpaired) electrons. The molecule has 3 N–H and O–H groups in total. The first-order chi connectivity index (χ1) is 8.59. The molecule has 0 aliphatic rings. The Bertz CT molecular complexity index is 579. The molecule has 1 heterocycles. The summed E-state index contributed by atoms with van der Waals surface area (Å²) in [4.78, 5) is 8.34. The van der Waals surface area contributed by atoms with Crippen molar-refractivity contribution in [2.45, 2.75) is 37.8 Å². The van der Waals surface area contributed by atoms with Crippen LogP contribution in [-0.2, 0) is 16.4 Å². The predicted molar refractivity (Wildman–Crippen MR) is 91.0 cm³/mol. The summed E-state index contributed by atoms with van der Waals surface area (Å²) in [6, 6.07) is 3.10. The molecule has 6 nitrogen and oxygen atoms in total. The van der Waals surface area contributed by atoms with E-state index in [1.54, 1.807) is 6.07 Å². The van der Waals surface area contributed by atoms with Gasteiger partial charge in [0.25, 0.3) is 0 Å². The van der Waals surface area contributed by atoms with E-state index in [-0.39, 0.29) is 46.9 Å². The van der Waals surface area contributed by atoms with Gasteiger partial charge in [-0.25, -0.2) is 13.4 Å². The third kappa shape index (κ3) is 6.51. The van der Waals surface area contributed by atoms with Crippen molar-refractivity contribution in [3.63, 3.8) is 0 Å². The molecule has 0 amide bonds. The maximum Gasteiger partial charge on any atom is 0.189 e. The highest BCUT2D eigenvalue weighted by Gasteiger charge is 2.14. The maximum absolute atomic E-state index is 11.6. The summed E-state index contributed by atoms with van der Waals surface area (Å²) in [5, 5.41) is 3.00. The molecule has 0 fully saturated rings. The van der Waals surface area contributed by atoms with Crippen molar-refractivity contribution >= 4 is 39.8 Å². The molecular formula is C12H21IN4O2S. The fraction of sp³-hybridized carbons (Fsp3) is 0.500. The van der Waals surface area contributed by atoms with Gasteiger partial charge in [-0.2, -0.15) is 0 Å². The van der Waals surface area contributed by atoms with Gasteiger partial charge < -0.3 is 11.1 Å². The van der Waals surface area contributed by atoms with Crippen molar-refractivity contribution in [1.29, 1.82) is 0 Å². The molecule has 0 aliphatic carbocycles. The van der Waals surface area contributed by atoms with Gasteiger partial charge in [0, 0.05) is 18.0 Å². The normalized spacial score (nSPS) is 12.7. The summed E-state index contributed by atoms with van der Waals surface area (Å²) in [6.07, 6.45) is 2.68. The van der Waals surface area contributed by atoms with Crippen LogP contribution in [-0.4, -0.2) is 31.2 Å². The largest absolute Gasteiger partial charge is 0.370 e. The van der Waals surface area contributed by atoms with Crippen LogP contribution in [0.4, 0.5) is 0 Å². The lowest BCUT2D eigenvalue weighted by atomic mass is 10.1. The first-order valence-corrected chi connectivity index (χ1v) is 7.71. The van der Waals surface area contributed by atoms with Gasteiger partial charge in [0.05, 0.1) is 17.1 Å². The lowest BCUT2D eigenvalue weighted by Gasteiger charge is -2.21. The van der Waals surface area contributed by atoms with Crippen molar-refractivity contribution in [2.75, 3.05) is 6.26 Å². The Hall–Kier alpha value is -0.900. The minimum Gasteiger partial charge on any atom is -0.370 e. The van der Waals surface area contributed by atoms with E-state index >= 15 is 0 Å². The van der Waals surface area contributed by atoms with Crippen molar-refractivity contribution < 1.29 is 8.42 Å². The highest BCUT2D eigenvalue weighted by Crippen LogP contribution is 2.13. The summed E-state index contributed by atoms with van der Waals surface area (Å²) < 4.78 is 23.2. The summed E-state index contributed by atoms with van der Waals surface area (Å²) in [5.74, 6) is 0.262. The van der Waals surface area contributed by atoms with Gasteiger partial charge >= 0.3 is 0 Å². The lowest BCUT2D eigenvalue weighted by Crippen LogP contribution is -2.45. The van der Waals surface area contributed by atoms with Crippen molar-refractivity contribution in [3.05, 3.63) is 24.0 Å². The minimum absolute atomic E-state index is 0. The topological polar surface area (TPSA) is 97.4 Å². The Labute approximate surface area is 137 Å². The van der Waals surface area contributed by atoms with Crippen molar-refractivity contribution in [2.24, 2.45) is 10.7 Å². The predicted octanol–water partition coefficient (Wildman–Crippen LogP) is 1.31. The highest BCUT2D eigenvalue weighted by molar-refractivity contribution is 14.0. The van der Waals surface area contributed by atoms with E-state index in [4.69, 9.17) is 5.73 Å². The average Bonchev–Trinajstić information content (AvgIpc) is 2.23. The molecule has 20 heavy (non-hydrogen) atoms. The molecule has 1 rings (SSSR count). The van der Waals surface area contributed by atoms with Crippen LogP contribution in [0.25, 0.3) is 0 Å². The van der Waals surface area contributed by atoms with Crippen LogP contribution in [0.3, 0.4) is 0 Å². The second-order valence-electron chi connectivity index (χ2n) is 5.30. The fourth-order valence-electron chi connectivity index (χ4n) is 1.46. The van der Waals surface area contributed by atoms with Gasteiger partial charge in [0.1, 0.15) is 0 Å². The number of sulfone groups is 1. The molecule has 0 saturated heterocycles. The molecule has 0 aromatic carbocycles. The molecule has 8 heteroatoms. The summed E-state index contributed by atoms with van der Waals surface area (Å²) in [5.41, 5.74) is 5.92. The smallest absolute Gasteiger partial charge is 0.189 e. The van der Waals surface area contributed by atoms with E-state index in [1.165, 1.54) is 12.3 Å². The fourth-order valence-corrected chi connectivity index (χ4v) is 2.33. The molecule has 0 unspecified atom stereocenters. The Kier molecular flexibility index (Phi) is 6.88. The van der Waals surface area contributed by atoms with Crippen LogP contribution in [0.1, 0.15) is 26.5 Å². The Balaban J connectivity index is 0.00000361. The number of aromatic nitrogens is 1. The monoisotopic (exact) mass is 412 g/mol. The van der Waals surface area contributed by atoms with Gasteiger partial charge in [0.15, 0.2) is 15.8 Å². The summed E-state index contributed by atoms with van der Waals surface area (Å²) >= 11 is 0. The number of nitrogens with zero attached hydrogens (tertiary/aromatic N) is 2. The van der Waals surface area contributed by atoms with E-state index in [0.29, 0.717) is 5.69 Å². The van der Waals surface area contributed by atoms with Gasteiger partial charge in [-0.3, -0.25) is 4.98 Å². The van der Waals surface area contributed by atoms with Gasteiger partial charge in [0.2, 0.25) is 0 Å². The molecule has 0 saturated carbocycles. The molecule has 1 aromatic heterocycles. The van der Waals surface area contributed by atoms with Gasteiger partial charge in [-0.15, -0.1) is 24.0 Å². The van der Waals surface area contributed by atoms with E-state index in [9.17, 15) is 8.42 Å². The standard InChI is InChI=1S/C12H20N4O2S.HI/c1-12(2,3)16-11(13)15-8-9-10(19(4,17)18)6-5-7-14-9;/h5-7H,8H2,1-4H3,(H3,13,15,16);1H. The molecule has 0 spiro atoms. The number of nitrogens with one attached hydrogen (secondary N) is 1. The number of rotatable bonds is 3. The zero-order valence-corrected chi connectivity index (χ0v) is 15.2. The van der Waals surface area contributed by atoms with Crippen molar-refractivity contribution in [1.82, 2.24) is 10.3 Å². The number of pyridine rings is 1. The van der Waals surface area contributed by atoms with Crippen LogP contribution in [0.5, 0.6) is 0 Å². The Morgan fingerprint density at radius 1 is 1.45 bits per heavy atom. The maximum atomic E-state index is 11.6. The number of aliphatic imine (C=N–C) groups is 1. The quantitative estimate of drug-likeness (QED) is 0.443. The van der Waals surface area contributed by atoms with E-state index in [0.717, 1.165) is 6.26 Å². The van der Waals surface area contributed by atoms with Crippen LogP contribution < -0.4 is 11.1 Å². The second-order valence-corrected chi connectivity index (χ2v) is 7.28. The molecule has 0 aliphatic heterocycles.